The SMILES string of the molecule is CC(C)(C)OC(=O)CC(OCC(F)(F)F)C1CC2C=CC1C2. The highest BCUT2D eigenvalue weighted by atomic mass is 19.4. The maximum absolute atomic E-state index is 12.4. The molecule has 0 aromatic heterocycles. The number of rotatable bonds is 5. The number of carbonyl (C=O) groups excluding carboxylic acids is 1. The third-order valence-electron chi connectivity index (χ3n) is 4.06. The second kappa shape index (κ2) is 6.22. The summed E-state index contributed by atoms with van der Waals surface area (Å²) in [7, 11) is 0. The first-order chi connectivity index (χ1) is 10.0. The molecule has 4 unspecified atom stereocenters. The summed E-state index contributed by atoms with van der Waals surface area (Å²) in [6.07, 6.45) is 0.621. The van der Waals surface area contributed by atoms with Crippen molar-refractivity contribution < 1.29 is 27.4 Å². The number of fused-ring (bicyclic) bond motifs is 2. The Balaban J connectivity index is 1.99. The highest BCUT2D eigenvalue weighted by Gasteiger charge is 2.43. The van der Waals surface area contributed by atoms with Gasteiger partial charge in [-0.25, -0.2) is 0 Å². The highest BCUT2D eigenvalue weighted by molar-refractivity contribution is 5.70. The molecule has 6 heteroatoms. The van der Waals surface area contributed by atoms with Crippen LogP contribution >= 0.6 is 0 Å². The molecule has 2 aliphatic rings. The Hall–Kier alpha value is -1.04. The highest BCUT2D eigenvalue weighted by Crippen LogP contribution is 2.46. The number of hydrogen-bond donors (Lipinski definition) is 0. The third kappa shape index (κ3) is 5.00. The number of hydrogen-bond acceptors (Lipinski definition) is 3. The Morgan fingerprint density at radius 1 is 1.23 bits per heavy atom. The zero-order valence-electron chi connectivity index (χ0n) is 13.2. The van der Waals surface area contributed by atoms with E-state index in [9.17, 15) is 18.0 Å². The van der Waals surface area contributed by atoms with Gasteiger partial charge in [0.25, 0.3) is 0 Å². The zero-order valence-corrected chi connectivity index (χ0v) is 13.2. The van der Waals surface area contributed by atoms with Gasteiger partial charge in [-0.05, 0) is 51.4 Å². The van der Waals surface area contributed by atoms with E-state index in [4.69, 9.17) is 9.47 Å². The van der Waals surface area contributed by atoms with E-state index in [2.05, 4.69) is 6.08 Å². The lowest BCUT2D eigenvalue weighted by atomic mass is 9.87. The van der Waals surface area contributed by atoms with Gasteiger partial charge in [0.1, 0.15) is 12.2 Å². The largest absolute Gasteiger partial charge is 0.460 e. The van der Waals surface area contributed by atoms with Crippen LogP contribution in [-0.4, -0.2) is 30.5 Å². The molecule has 0 amide bonds. The van der Waals surface area contributed by atoms with Gasteiger partial charge in [-0.1, -0.05) is 12.2 Å². The molecule has 1 fully saturated rings. The standard InChI is InChI=1S/C16H23F3O3/c1-15(2,3)22-14(20)8-13(21-9-16(17,18)19)12-7-10-4-5-11(12)6-10/h4-5,10-13H,6-9H2,1-3H3. The zero-order chi connectivity index (χ0) is 16.5. The maximum atomic E-state index is 12.4. The topological polar surface area (TPSA) is 35.5 Å². The minimum Gasteiger partial charge on any atom is -0.460 e. The van der Waals surface area contributed by atoms with Gasteiger partial charge < -0.3 is 9.47 Å². The van der Waals surface area contributed by atoms with Crippen LogP contribution in [0.4, 0.5) is 13.2 Å². The van der Waals surface area contributed by atoms with Crippen molar-refractivity contribution in [3.05, 3.63) is 12.2 Å². The molecule has 0 aromatic carbocycles. The lowest BCUT2D eigenvalue weighted by molar-refractivity contribution is -0.196. The van der Waals surface area contributed by atoms with E-state index in [1.807, 2.05) is 6.08 Å². The average molecular weight is 320 g/mol. The summed E-state index contributed by atoms with van der Waals surface area (Å²) in [6, 6.07) is 0. The maximum Gasteiger partial charge on any atom is 0.411 e. The van der Waals surface area contributed by atoms with Crippen LogP contribution < -0.4 is 0 Å². The first-order valence-electron chi connectivity index (χ1n) is 7.62. The summed E-state index contributed by atoms with van der Waals surface area (Å²) < 4.78 is 47.6. The first-order valence-corrected chi connectivity index (χ1v) is 7.62. The van der Waals surface area contributed by atoms with Crippen LogP contribution in [0.15, 0.2) is 12.2 Å². The monoisotopic (exact) mass is 320 g/mol. The minimum atomic E-state index is -4.39. The lowest BCUT2D eigenvalue weighted by Gasteiger charge is -2.29. The van der Waals surface area contributed by atoms with Crippen molar-refractivity contribution in [3.63, 3.8) is 0 Å². The molecule has 0 radical (unpaired) electrons. The quantitative estimate of drug-likeness (QED) is 0.570. The fourth-order valence-corrected chi connectivity index (χ4v) is 3.33. The van der Waals surface area contributed by atoms with Crippen molar-refractivity contribution in [2.45, 2.75) is 57.9 Å². The Bertz CT molecular complexity index is 437. The number of alkyl halides is 3. The van der Waals surface area contributed by atoms with Gasteiger partial charge in [0, 0.05) is 0 Å². The van der Waals surface area contributed by atoms with Gasteiger partial charge in [-0.3, -0.25) is 4.79 Å². The predicted octanol–water partition coefficient (Wildman–Crippen LogP) is 3.88. The Labute approximate surface area is 128 Å². The fraction of sp³-hybridized carbons (Fsp3) is 0.812. The summed E-state index contributed by atoms with van der Waals surface area (Å²) in [4.78, 5) is 12.0. The molecule has 0 saturated heterocycles. The van der Waals surface area contributed by atoms with Crippen LogP contribution in [0.1, 0.15) is 40.0 Å². The van der Waals surface area contributed by atoms with E-state index >= 15 is 0 Å². The number of allylic oxidation sites excluding steroid dienone is 2. The molecular formula is C16H23F3O3. The molecule has 0 spiro atoms. The average Bonchev–Trinajstić information content (AvgIpc) is 2.92. The third-order valence-corrected chi connectivity index (χ3v) is 4.06. The van der Waals surface area contributed by atoms with E-state index in [-0.39, 0.29) is 18.3 Å². The number of halogens is 3. The molecule has 0 heterocycles. The van der Waals surface area contributed by atoms with Gasteiger partial charge in [0.2, 0.25) is 0 Å². The molecular weight excluding hydrogens is 297 g/mol. The summed E-state index contributed by atoms with van der Waals surface area (Å²) in [5.74, 6) is 0.0765. The second-order valence-electron chi connectivity index (χ2n) is 7.20. The molecule has 0 aliphatic heterocycles. The predicted molar refractivity (Wildman–Crippen MR) is 75.1 cm³/mol. The smallest absolute Gasteiger partial charge is 0.411 e. The van der Waals surface area contributed by atoms with E-state index < -0.39 is 30.5 Å². The molecule has 2 bridgehead atoms. The van der Waals surface area contributed by atoms with Crippen LogP contribution in [0.3, 0.4) is 0 Å². The fourth-order valence-electron chi connectivity index (χ4n) is 3.33. The van der Waals surface area contributed by atoms with E-state index in [0.717, 1.165) is 12.8 Å². The van der Waals surface area contributed by atoms with Crippen LogP contribution in [-0.2, 0) is 14.3 Å². The molecule has 1 saturated carbocycles. The summed E-state index contributed by atoms with van der Waals surface area (Å²) in [5, 5.41) is 0. The van der Waals surface area contributed by atoms with Crippen molar-refractivity contribution in [1.29, 1.82) is 0 Å². The second-order valence-corrected chi connectivity index (χ2v) is 7.20. The summed E-state index contributed by atoms with van der Waals surface area (Å²) >= 11 is 0. The van der Waals surface area contributed by atoms with Crippen molar-refractivity contribution in [1.82, 2.24) is 0 Å². The Morgan fingerprint density at radius 3 is 2.36 bits per heavy atom. The minimum absolute atomic E-state index is 0.0372. The molecule has 0 aromatic rings. The lowest BCUT2D eigenvalue weighted by Crippen LogP contribution is -2.35. The van der Waals surface area contributed by atoms with Crippen LogP contribution in [0.25, 0.3) is 0 Å². The van der Waals surface area contributed by atoms with Crippen molar-refractivity contribution >= 4 is 5.97 Å². The number of carbonyl (C=O) groups is 1. The molecule has 0 N–H and O–H groups in total. The summed E-state index contributed by atoms with van der Waals surface area (Å²) in [6.45, 7) is 3.88. The normalized spacial score (nSPS) is 28.9. The van der Waals surface area contributed by atoms with Gasteiger partial charge in [-0.2, -0.15) is 13.2 Å². The molecule has 4 atom stereocenters. The van der Waals surface area contributed by atoms with Crippen molar-refractivity contribution in [3.8, 4) is 0 Å². The Morgan fingerprint density at radius 2 is 1.91 bits per heavy atom. The molecule has 2 rings (SSSR count). The van der Waals surface area contributed by atoms with Crippen molar-refractivity contribution in [2.24, 2.45) is 17.8 Å². The summed E-state index contributed by atoms with van der Waals surface area (Å²) in [5.41, 5.74) is -0.653. The molecule has 3 nitrogen and oxygen atoms in total. The van der Waals surface area contributed by atoms with Gasteiger partial charge in [-0.15, -0.1) is 0 Å². The van der Waals surface area contributed by atoms with Gasteiger partial charge in [0.15, 0.2) is 0 Å². The number of esters is 1. The van der Waals surface area contributed by atoms with Crippen LogP contribution in [0, 0.1) is 17.8 Å². The molecule has 126 valence electrons. The first kappa shape index (κ1) is 17.3. The van der Waals surface area contributed by atoms with E-state index in [1.165, 1.54) is 0 Å². The van der Waals surface area contributed by atoms with E-state index in [0.29, 0.717) is 5.92 Å². The van der Waals surface area contributed by atoms with Crippen LogP contribution in [0.5, 0.6) is 0 Å². The van der Waals surface area contributed by atoms with Gasteiger partial charge in [0.05, 0.1) is 12.5 Å². The van der Waals surface area contributed by atoms with Crippen molar-refractivity contribution in [2.75, 3.05) is 6.61 Å². The molecule has 2 aliphatic carbocycles. The Kier molecular flexibility index (Phi) is 4.90. The van der Waals surface area contributed by atoms with Crippen LogP contribution in [0.2, 0.25) is 0 Å². The van der Waals surface area contributed by atoms with Gasteiger partial charge >= 0.3 is 12.1 Å². The van der Waals surface area contributed by atoms with E-state index in [1.54, 1.807) is 20.8 Å². The molecule has 22 heavy (non-hydrogen) atoms. The number of ether oxygens (including phenoxy) is 2.